The first kappa shape index (κ1) is 12.3. The van der Waals surface area contributed by atoms with Gasteiger partial charge >= 0.3 is 0 Å². The summed E-state index contributed by atoms with van der Waals surface area (Å²) in [5, 5.41) is 4.80. The van der Waals surface area contributed by atoms with E-state index in [0.29, 0.717) is 11.5 Å². The van der Waals surface area contributed by atoms with Gasteiger partial charge in [-0.3, -0.25) is 0 Å². The molecule has 4 fully saturated rings. The van der Waals surface area contributed by atoms with Gasteiger partial charge in [0.1, 0.15) is 0 Å². The molecule has 1 aromatic rings. The maximum Gasteiger partial charge on any atom is 0.0990 e. The molecule has 0 saturated heterocycles. The van der Waals surface area contributed by atoms with E-state index in [-0.39, 0.29) is 0 Å². The van der Waals surface area contributed by atoms with Crippen molar-refractivity contribution in [2.45, 2.75) is 56.9 Å². The van der Waals surface area contributed by atoms with Crippen LogP contribution in [0.3, 0.4) is 0 Å². The van der Waals surface area contributed by atoms with Crippen molar-refractivity contribution in [1.82, 2.24) is 10.3 Å². The van der Waals surface area contributed by atoms with Crippen LogP contribution in [0.1, 0.15) is 61.4 Å². The zero-order valence-electron chi connectivity index (χ0n) is 12.0. The van der Waals surface area contributed by atoms with E-state index in [9.17, 15) is 0 Å². The first-order valence-electron chi connectivity index (χ1n) is 7.82. The third-order valence-corrected chi connectivity index (χ3v) is 7.30. The maximum atomic E-state index is 4.85. The van der Waals surface area contributed by atoms with E-state index in [1.165, 1.54) is 48.4 Å². The number of nitrogens with zero attached hydrogens (tertiary/aromatic N) is 1. The molecule has 4 aliphatic rings. The summed E-state index contributed by atoms with van der Waals surface area (Å²) < 4.78 is 0. The van der Waals surface area contributed by atoms with Crippen LogP contribution in [0.5, 0.6) is 0 Å². The zero-order chi connectivity index (χ0) is 13.0. The van der Waals surface area contributed by atoms with Crippen LogP contribution >= 0.6 is 11.3 Å². The minimum absolute atomic E-state index is 0.445. The van der Waals surface area contributed by atoms with Gasteiger partial charge in [-0.15, -0.1) is 11.3 Å². The summed E-state index contributed by atoms with van der Waals surface area (Å²) >= 11 is 1.98. The number of nitrogens with one attached hydrogen (secondary N) is 1. The Morgan fingerprint density at radius 1 is 1.21 bits per heavy atom. The summed E-state index contributed by atoms with van der Waals surface area (Å²) in [7, 11) is 2.04. The van der Waals surface area contributed by atoms with Crippen LogP contribution in [0.4, 0.5) is 0 Å². The number of hydrogen-bond acceptors (Lipinski definition) is 3. The summed E-state index contributed by atoms with van der Waals surface area (Å²) in [6, 6.07) is 0.445. The molecule has 3 heteroatoms. The van der Waals surface area contributed by atoms with Gasteiger partial charge in [-0.2, -0.15) is 0 Å². The Balaban J connectivity index is 1.66. The molecule has 19 heavy (non-hydrogen) atoms. The normalized spacial score (nSPS) is 41.7. The lowest BCUT2D eigenvalue weighted by Gasteiger charge is -2.56. The van der Waals surface area contributed by atoms with Crippen LogP contribution in [0.15, 0.2) is 6.20 Å². The van der Waals surface area contributed by atoms with Crippen molar-refractivity contribution in [2.75, 3.05) is 7.05 Å². The average molecular weight is 276 g/mol. The lowest BCUT2D eigenvalue weighted by molar-refractivity contribution is -0.00527. The smallest absolute Gasteiger partial charge is 0.0990 e. The topological polar surface area (TPSA) is 24.9 Å². The lowest BCUT2D eigenvalue weighted by Crippen LogP contribution is -2.48. The highest BCUT2D eigenvalue weighted by Crippen LogP contribution is 2.61. The summed E-state index contributed by atoms with van der Waals surface area (Å²) in [5.74, 6) is 3.04. The molecular formula is C16H24N2S. The zero-order valence-corrected chi connectivity index (χ0v) is 12.8. The Morgan fingerprint density at radius 3 is 2.32 bits per heavy atom. The van der Waals surface area contributed by atoms with Crippen molar-refractivity contribution in [3.63, 3.8) is 0 Å². The highest BCUT2D eigenvalue weighted by Gasteiger charge is 2.52. The first-order valence-corrected chi connectivity index (χ1v) is 8.63. The number of aromatic nitrogens is 1. The van der Waals surface area contributed by atoms with E-state index in [1.54, 1.807) is 0 Å². The Hall–Kier alpha value is -0.410. The van der Waals surface area contributed by atoms with Crippen LogP contribution in [-0.4, -0.2) is 12.0 Å². The Kier molecular flexibility index (Phi) is 2.79. The van der Waals surface area contributed by atoms with Crippen molar-refractivity contribution < 1.29 is 0 Å². The predicted molar refractivity (Wildman–Crippen MR) is 79.4 cm³/mol. The van der Waals surface area contributed by atoms with Gasteiger partial charge in [0, 0.05) is 22.5 Å². The largest absolute Gasteiger partial charge is 0.312 e. The number of hydrogen-bond donors (Lipinski definition) is 1. The van der Waals surface area contributed by atoms with Crippen LogP contribution in [0, 0.1) is 17.8 Å². The summed E-state index contributed by atoms with van der Waals surface area (Å²) in [4.78, 5) is 6.26. The van der Waals surface area contributed by atoms with E-state index >= 15 is 0 Å². The average Bonchev–Trinajstić information content (AvgIpc) is 2.86. The Morgan fingerprint density at radius 2 is 1.79 bits per heavy atom. The Bertz CT molecular complexity index is 444. The SMILES string of the molecule is CNC(C)c1cnc(C23CC4CC(CC(C4)C2)C3)s1. The molecule has 2 nitrogen and oxygen atoms in total. The van der Waals surface area contributed by atoms with E-state index < -0.39 is 0 Å². The van der Waals surface area contributed by atoms with E-state index in [4.69, 9.17) is 4.98 Å². The molecule has 0 aromatic carbocycles. The monoisotopic (exact) mass is 276 g/mol. The molecule has 0 amide bonds. The molecular weight excluding hydrogens is 252 g/mol. The minimum atomic E-state index is 0.445. The molecule has 0 aliphatic heterocycles. The molecule has 0 radical (unpaired) electrons. The van der Waals surface area contributed by atoms with Crippen molar-refractivity contribution >= 4 is 11.3 Å². The second-order valence-electron chi connectivity index (χ2n) is 7.28. The van der Waals surface area contributed by atoms with Crippen LogP contribution in [-0.2, 0) is 5.41 Å². The van der Waals surface area contributed by atoms with Gasteiger partial charge in [0.15, 0.2) is 0 Å². The van der Waals surface area contributed by atoms with E-state index in [0.717, 1.165) is 17.8 Å². The first-order chi connectivity index (χ1) is 9.18. The summed E-state index contributed by atoms with van der Waals surface area (Å²) in [6.45, 7) is 2.23. The van der Waals surface area contributed by atoms with E-state index in [1.807, 2.05) is 18.4 Å². The van der Waals surface area contributed by atoms with Crippen LogP contribution in [0.25, 0.3) is 0 Å². The molecule has 5 rings (SSSR count). The highest BCUT2D eigenvalue weighted by molar-refractivity contribution is 7.11. The minimum Gasteiger partial charge on any atom is -0.312 e. The third kappa shape index (κ3) is 1.89. The fourth-order valence-electron chi connectivity index (χ4n) is 5.25. The molecule has 4 aliphatic carbocycles. The molecule has 1 N–H and O–H groups in total. The molecule has 4 bridgehead atoms. The van der Waals surface area contributed by atoms with Gasteiger partial charge in [-0.1, -0.05) is 0 Å². The van der Waals surface area contributed by atoms with Gasteiger partial charge in [-0.25, -0.2) is 4.98 Å². The van der Waals surface area contributed by atoms with Gasteiger partial charge in [0.05, 0.1) is 5.01 Å². The molecule has 1 heterocycles. The second kappa shape index (κ2) is 4.29. The van der Waals surface area contributed by atoms with Gasteiger partial charge in [-0.05, 0) is 70.3 Å². The fraction of sp³-hybridized carbons (Fsp3) is 0.812. The quantitative estimate of drug-likeness (QED) is 0.906. The highest BCUT2D eigenvalue weighted by atomic mass is 32.1. The molecule has 1 unspecified atom stereocenters. The van der Waals surface area contributed by atoms with Gasteiger partial charge in [0.25, 0.3) is 0 Å². The van der Waals surface area contributed by atoms with Crippen molar-refractivity contribution in [1.29, 1.82) is 0 Å². The lowest BCUT2D eigenvalue weighted by atomic mass is 9.50. The maximum absolute atomic E-state index is 4.85. The second-order valence-corrected chi connectivity index (χ2v) is 8.34. The summed E-state index contributed by atoms with van der Waals surface area (Å²) in [6.07, 6.45) is 11.0. The standard InChI is InChI=1S/C16H24N2S/c1-10(17-2)14-9-18-15(19-14)16-6-11-3-12(7-16)5-13(4-11)8-16/h9-13,17H,3-8H2,1-2H3. The summed E-state index contributed by atoms with van der Waals surface area (Å²) in [5.41, 5.74) is 0.477. The van der Waals surface area contributed by atoms with Crippen molar-refractivity contribution in [3.05, 3.63) is 16.1 Å². The van der Waals surface area contributed by atoms with E-state index in [2.05, 4.69) is 18.4 Å². The molecule has 0 spiro atoms. The molecule has 1 atom stereocenters. The Labute approximate surface area is 120 Å². The third-order valence-electron chi connectivity index (χ3n) is 5.88. The van der Waals surface area contributed by atoms with Gasteiger partial charge < -0.3 is 5.32 Å². The fourth-order valence-corrected chi connectivity index (χ4v) is 6.44. The molecule has 4 saturated carbocycles. The van der Waals surface area contributed by atoms with Crippen LogP contribution < -0.4 is 5.32 Å². The van der Waals surface area contributed by atoms with Gasteiger partial charge in [0.2, 0.25) is 0 Å². The predicted octanol–water partition coefficient (Wildman–Crippen LogP) is 3.89. The molecule has 1 aromatic heterocycles. The van der Waals surface area contributed by atoms with Crippen molar-refractivity contribution in [3.8, 4) is 0 Å². The van der Waals surface area contributed by atoms with Crippen LogP contribution in [0.2, 0.25) is 0 Å². The number of thiazole rings is 1. The molecule has 104 valence electrons. The van der Waals surface area contributed by atoms with Crippen molar-refractivity contribution in [2.24, 2.45) is 17.8 Å². The number of rotatable bonds is 3.